The molecule has 0 bridgehead atoms. The molecule has 2 rings (SSSR count). The third-order valence-electron chi connectivity index (χ3n) is 1.46. The van der Waals surface area contributed by atoms with Gasteiger partial charge in [-0.05, 0) is 5.18 Å². The molecule has 0 amide bonds. The Hall–Kier alpha value is -1.98. The standard InChI is InChI=1S/C6H4N4O2/c11-5-1-2-7-6-4(9-12)3-8-10(5)6/h1-3,11H. The number of nitroso groups, excluding NO2 is 1. The third-order valence-corrected chi connectivity index (χ3v) is 1.46. The summed E-state index contributed by atoms with van der Waals surface area (Å²) >= 11 is 0. The van der Waals surface area contributed by atoms with Crippen LogP contribution in [0.1, 0.15) is 0 Å². The smallest absolute Gasteiger partial charge is 0.215 e. The second-order valence-electron chi connectivity index (χ2n) is 2.16. The van der Waals surface area contributed by atoms with Crippen molar-refractivity contribution < 1.29 is 5.11 Å². The van der Waals surface area contributed by atoms with Gasteiger partial charge in [0.15, 0.2) is 11.3 Å². The van der Waals surface area contributed by atoms with Crippen molar-refractivity contribution in [3.63, 3.8) is 0 Å². The molecule has 2 aromatic rings. The van der Waals surface area contributed by atoms with Crippen LogP contribution in [0.25, 0.3) is 5.65 Å². The van der Waals surface area contributed by atoms with Crippen LogP contribution in [-0.2, 0) is 0 Å². The highest BCUT2D eigenvalue weighted by molar-refractivity contribution is 5.62. The molecule has 0 saturated heterocycles. The molecule has 0 fully saturated rings. The summed E-state index contributed by atoms with van der Waals surface area (Å²) in [5.74, 6) is -0.0742. The predicted octanol–water partition coefficient (Wildman–Crippen LogP) is 0.833. The fourth-order valence-corrected chi connectivity index (χ4v) is 0.931. The number of rotatable bonds is 1. The lowest BCUT2D eigenvalue weighted by Crippen LogP contribution is -1.88. The summed E-state index contributed by atoms with van der Waals surface area (Å²) in [4.78, 5) is 14.0. The summed E-state index contributed by atoms with van der Waals surface area (Å²) in [5.41, 5.74) is 0.371. The van der Waals surface area contributed by atoms with Gasteiger partial charge in [-0.15, -0.1) is 4.91 Å². The van der Waals surface area contributed by atoms with Gasteiger partial charge in [-0.2, -0.15) is 9.61 Å². The van der Waals surface area contributed by atoms with E-state index in [1.165, 1.54) is 18.5 Å². The summed E-state index contributed by atoms with van der Waals surface area (Å²) in [5, 5.41) is 15.6. The molecule has 12 heavy (non-hydrogen) atoms. The first-order chi connectivity index (χ1) is 5.83. The second-order valence-corrected chi connectivity index (χ2v) is 2.16. The summed E-state index contributed by atoms with van der Waals surface area (Å²) in [7, 11) is 0. The number of hydrogen-bond acceptors (Lipinski definition) is 5. The van der Waals surface area contributed by atoms with Crippen molar-refractivity contribution in [2.45, 2.75) is 0 Å². The van der Waals surface area contributed by atoms with Crippen LogP contribution in [0.5, 0.6) is 5.88 Å². The zero-order chi connectivity index (χ0) is 8.55. The van der Waals surface area contributed by atoms with Gasteiger partial charge in [0.2, 0.25) is 5.88 Å². The fourth-order valence-electron chi connectivity index (χ4n) is 0.931. The number of hydrogen-bond donors (Lipinski definition) is 1. The van der Waals surface area contributed by atoms with Gasteiger partial charge < -0.3 is 5.11 Å². The Balaban J connectivity index is 2.88. The first-order valence-corrected chi connectivity index (χ1v) is 3.18. The Bertz CT molecular complexity index is 436. The molecular formula is C6H4N4O2. The molecule has 0 aliphatic rings. The monoisotopic (exact) mass is 164 g/mol. The summed E-state index contributed by atoms with van der Waals surface area (Å²) in [6.07, 6.45) is 2.62. The van der Waals surface area contributed by atoms with Crippen molar-refractivity contribution in [1.82, 2.24) is 14.6 Å². The van der Waals surface area contributed by atoms with Crippen LogP contribution in [0.3, 0.4) is 0 Å². The Morgan fingerprint density at radius 3 is 3.17 bits per heavy atom. The topological polar surface area (TPSA) is 79.9 Å². The van der Waals surface area contributed by atoms with Crippen LogP contribution in [0.2, 0.25) is 0 Å². The van der Waals surface area contributed by atoms with Crippen LogP contribution in [0, 0.1) is 4.91 Å². The minimum atomic E-state index is -0.0742. The van der Waals surface area contributed by atoms with Crippen LogP contribution in [-0.4, -0.2) is 19.7 Å². The van der Waals surface area contributed by atoms with E-state index >= 15 is 0 Å². The maximum absolute atomic E-state index is 10.2. The fraction of sp³-hybridized carbons (Fsp3) is 0. The van der Waals surface area contributed by atoms with Crippen molar-refractivity contribution in [1.29, 1.82) is 0 Å². The molecule has 0 spiro atoms. The normalized spacial score (nSPS) is 10.3. The van der Waals surface area contributed by atoms with Gasteiger partial charge in [-0.1, -0.05) is 0 Å². The highest BCUT2D eigenvalue weighted by atomic mass is 16.3. The predicted molar refractivity (Wildman–Crippen MR) is 40.1 cm³/mol. The molecule has 0 radical (unpaired) electrons. The van der Waals surface area contributed by atoms with Crippen molar-refractivity contribution in [2.24, 2.45) is 5.18 Å². The van der Waals surface area contributed by atoms with Crippen molar-refractivity contribution >= 4 is 11.3 Å². The van der Waals surface area contributed by atoms with E-state index in [4.69, 9.17) is 0 Å². The largest absolute Gasteiger partial charge is 0.493 e. The van der Waals surface area contributed by atoms with Gasteiger partial charge in [0.1, 0.15) is 0 Å². The van der Waals surface area contributed by atoms with Gasteiger partial charge in [0, 0.05) is 12.3 Å². The maximum atomic E-state index is 10.2. The van der Waals surface area contributed by atoms with E-state index in [1.54, 1.807) is 0 Å². The first-order valence-electron chi connectivity index (χ1n) is 3.18. The lowest BCUT2D eigenvalue weighted by Gasteiger charge is -1.93. The first kappa shape index (κ1) is 6.71. The highest BCUT2D eigenvalue weighted by Gasteiger charge is 2.06. The van der Waals surface area contributed by atoms with Gasteiger partial charge in [0.05, 0.1) is 6.20 Å². The second kappa shape index (κ2) is 2.26. The molecule has 0 atom stereocenters. The minimum Gasteiger partial charge on any atom is -0.493 e. The molecule has 60 valence electrons. The molecule has 0 aliphatic heterocycles. The van der Waals surface area contributed by atoms with Crippen LogP contribution < -0.4 is 0 Å². The molecule has 0 unspecified atom stereocenters. The highest BCUT2D eigenvalue weighted by Crippen LogP contribution is 2.19. The quantitative estimate of drug-likeness (QED) is 0.633. The van der Waals surface area contributed by atoms with E-state index in [2.05, 4.69) is 15.3 Å². The van der Waals surface area contributed by atoms with Crippen molar-refractivity contribution in [2.75, 3.05) is 0 Å². The Labute approximate surface area is 66.4 Å². The Kier molecular flexibility index (Phi) is 1.26. The Morgan fingerprint density at radius 2 is 2.42 bits per heavy atom. The average Bonchev–Trinajstić information content (AvgIpc) is 2.49. The van der Waals surface area contributed by atoms with Crippen molar-refractivity contribution in [3.8, 4) is 5.88 Å². The molecule has 1 N–H and O–H groups in total. The molecule has 2 aromatic heterocycles. The van der Waals surface area contributed by atoms with Crippen LogP contribution in [0.15, 0.2) is 23.6 Å². The van der Waals surface area contributed by atoms with Crippen molar-refractivity contribution in [3.05, 3.63) is 23.4 Å². The summed E-state index contributed by atoms with van der Waals surface area (Å²) in [6, 6.07) is 1.37. The van der Waals surface area contributed by atoms with E-state index in [0.29, 0.717) is 0 Å². The molecule has 0 aliphatic carbocycles. The van der Waals surface area contributed by atoms with E-state index in [9.17, 15) is 10.0 Å². The summed E-state index contributed by atoms with van der Waals surface area (Å²) in [6.45, 7) is 0. The Morgan fingerprint density at radius 1 is 1.58 bits per heavy atom. The molecular weight excluding hydrogens is 160 g/mol. The zero-order valence-corrected chi connectivity index (χ0v) is 5.88. The third kappa shape index (κ3) is 0.746. The van der Waals surface area contributed by atoms with Gasteiger partial charge in [-0.25, -0.2) is 4.98 Å². The minimum absolute atomic E-state index is 0.0742. The van der Waals surface area contributed by atoms with E-state index in [1.807, 2.05) is 0 Å². The van der Waals surface area contributed by atoms with E-state index in [0.717, 1.165) is 4.52 Å². The average molecular weight is 164 g/mol. The summed E-state index contributed by atoms with van der Waals surface area (Å²) < 4.78 is 1.14. The number of nitrogens with zero attached hydrogens (tertiary/aromatic N) is 4. The lowest BCUT2D eigenvalue weighted by molar-refractivity contribution is 0.435. The lowest BCUT2D eigenvalue weighted by atomic mass is 10.5. The van der Waals surface area contributed by atoms with Gasteiger partial charge >= 0.3 is 0 Å². The zero-order valence-electron chi connectivity index (χ0n) is 5.88. The maximum Gasteiger partial charge on any atom is 0.215 e. The molecule has 6 heteroatoms. The van der Waals surface area contributed by atoms with Gasteiger partial charge in [0.25, 0.3) is 0 Å². The van der Waals surface area contributed by atoms with E-state index in [-0.39, 0.29) is 17.2 Å². The SMILES string of the molecule is O=Nc1cnn2c(O)ccnc12. The molecule has 2 heterocycles. The molecule has 0 saturated carbocycles. The number of aromatic hydroxyl groups is 1. The number of fused-ring (bicyclic) bond motifs is 1. The van der Waals surface area contributed by atoms with Gasteiger partial charge in [-0.3, -0.25) is 0 Å². The molecule has 0 aromatic carbocycles. The van der Waals surface area contributed by atoms with E-state index < -0.39 is 0 Å². The number of aromatic nitrogens is 3. The van der Waals surface area contributed by atoms with Crippen LogP contribution >= 0.6 is 0 Å². The molecule has 6 nitrogen and oxygen atoms in total. The van der Waals surface area contributed by atoms with Crippen LogP contribution in [0.4, 0.5) is 5.69 Å².